The summed E-state index contributed by atoms with van der Waals surface area (Å²) in [4.78, 5) is 0. The van der Waals surface area contributed by atoms with Gasteiger partial charge < -0.3 is 19.5 Å². The number of hydrogen-bond acceptors (Lipinski definition) is 4. The van der Waals surface area contributed by atoms with Crippen molar-refractivity contribution in [1.29, 1.82) is 0 Å². The van der Waals surface area contributed by atoms with Crippen molar-refractivity contribution in [2.45, 2.75) is 18.9 Å². The smallest absolute Gasteiger partial charge is 0.122 e. The van der Waals surface area contributed by atoms with Crippen LogP contribution in [0.25, 0.3) is 0 Å². The summed E-state index contributed by atoms with van der Waals surface area (Å²) in [5.74, 6) is 0.870. The Kier molecular flexibility index (Phi) is 8.62. The lowest BCUT2D eigenvalue weighted by Gasteiger charge is -2.18. The van der Waals surface area contributed by atoms with Gasteiger partial charge in [0, 0.05) is 24.8 Å². The number of methoxy groups -OCH3 is 2. The van der Waals surface area contributed by atoms with Crippen molar-refractivity contribution in [3.63, 3.8) is 0 Å². The van der Waals surface area contributed by atoms with E-state index in [-0.39, 0.29) is 0 Å². The van der Waals surface area contributed by atoms with E-state index in [9.17, 15) is 0 Å². The van der Waals surface area contributed by atoms with E-state index in [4.69, 9.17) is 25.8 Å². The molecule has 0 radical (unpaired) electrons. The summed E-state index contributed by atoms with van der Waals surface area (Å²) in [5.41, 5.74) is 1.11. The van der Waals surface area contributed by atoms with Crippen LogP contribution in [-0.4, -0.2) is 47.1 Å². The summed E-state index contributed by atoms with van der Waals surface area (Å²) in [5, 5.41) is 4.03. The molecule has 1 unspecified atom stereocenters. The molecule has 4 nitrogen and oxygen atoms in total. The Labute approximate surface area is 126 Å². The zero-order chi connectivity index (χ0) is 14.8. The maximum atomic E-state index is 6.05. The number of rotatable bonds is 10. The molecule has 0 saturated heterocycles. The lowest BCUT2D eigenvalue weighted by molar-refractivity contribution is 0.0661. The predicted molar refractivity (Wildman–Crippen MR) is 81.9 cm³/mol. The first-order valence-electron chi connectivity index (χ1n) is 6.77. The highest BCUT2D eigenvalue weighted by Gasteiger charge is 2.11. The highest BCUT2D eigenvalue weighted by atomic mass is 35.5. The SMILES string of the molecule is CNC(CCOCCOC)Cc1cc(Cl)ccc1OC. The van der Waals surface area contributed by atoms with E-state index in [1.807, 2.05) is 25.2 Å². The molecule has 114 valence electrons. The Balaban J connectivity index is 2.48. The standard InChI is InChI=1S/C15H24ClNO3/c1-17-14(6-7-20-9-8-18-2)11-12-10-13(16)4-5-15(12)19-3/h4-5,10,14,17H,6-9,11H2,1-3H3. The van der Waals surface area contributed by atoms with Crippen LogP contribution in [0.3, 0.4) is 0 Å². The molecule has 1 aromatic rings. The number of nitrogens with one attached hydrogen (secondary N) is 1. The second-order valence-electron chi connectivity index (χ2n) is 4.54. The van der Waals surface area contributed by atoms with Crippen molar-refractivity contribution >= 4 is 11.6 Å². The second kappa shape index (κ2) is 10.00. The lowest BCUT2D eigenvalue weighted by atomic mass is 10.0. The minimum absolute atomic E-state index is 0.324. The van der Waals surface area contributed by atoms with Crippen molar-refractivity contribution in [2.24, 2.45) is 0 Å². The molecule has 0 spiro atoms. The van der Waals surface area contributed by atoms with E-state index in [0.29, 0.717) is 25.9 Å². The average Bonchev–Trinajstić information content (AvgIpc) is 2.46. The Hall–Kier alpha value is -0.810. The molecule has 1 aromatic carbocycles. The van der Waals surface area contributed by atoms with Gasteiger partial charge in [0.25, 0.3) is 0 Å². The molecule has 1 N–H and O–H groups in total. The van der Waals surface area contributed by atoms with E-state index in [2.05, 4.69) is 5.32 Å². The number of hydrogen-bond donors (Lipinski definition) is 1. The van der Waals surface area contributed by atoms with E-state index < -0.39 is 0 Å². The summed E-state index contributed by atoms with van der Waals surface area (Å²) in [6.07, 6.45) is 1.78. The molecule has 1 rings (SSSR count). The molecule has 5 heteroatoms. The van der Waals surface area contributed by atoms with Crippen molar-refractivity contribution in [3.05, 3.63) is 28.8 Å². The van der Waals surface area contributed by atoms with Gasteiger partial charge in [0.1, 0.15) is 5.75 Å². The average molecular weight is 302 g/mol. The maximum Gasteiger partial charge on any atom is 0.122 e. The van der Waals surface area contributed by atoms with Gasteiger partial charge in [0.05, 0.1) is 20.3 Å². The summed E-state index contributed by atoms with van der Waals surface area (Å²) >= 11 is 6.05. The summed E-state index contributed by atoms with van der Waals surface area (Å²) in [6, 6.07) is 6.02. The fourth-order valence-electron chi connectivity index (χ4n) is 1.99. The third kappa shape index (κ3) is 6.09. The van der Waals surface area contributed by atoms with Crippen molar-refractivity contribution in [2.75, 3.05) is 41.1 Å². The first-order chi connectivity index (χ1) is 9.71. The van der Waals surface area contributed by atoms with Crippen LogP contribution in [-0.2, 0) is 15.9 Å². The van der Waals surface area contributed by atoms with Gasteiger partial charge in [-0.3, -0.25) is 0 Å². The van der Waals surface area contributed by atoms with Crippen LogP contribution in [0.2, 0.25) is 5.02 Å². The van der Waals surface area contributed by atoms with Crippen LogP contribution in [0, 0.1) is 0 Å². The Morgan fingerprint density at radius 2 is 2.00 bits per heavy atom. The molecule has 20 heavy (non-hydrogen) atoms. The van der Waals surface area contributed by atoms with Crippen molar-refractivity contribution < 1.29 is 14.2 Å². The van der Waals surface area contributed by atoms with Crippen molar-refractivity contribution in [1.82, 2.24) is 5.32 Å². The van der Waals surface area contributed by atoms with Gasteiger partial charge in [0.2, 0.25) is 0 Å². The molecular formula is C15H24ClNO3. The van der Waals surface area contributed by atoms with E-state index in [1.165, 1.54) is 0 Å². The zero-order valence-corrected chi connectivity index (χ0v) is 13.2. The third-order valence-electron chi connectivity index (χ3n) is 3.16. The minimum atomic E-state index is 0.324. The topological polar surface area (TPSA) is 39.7 Å². The van der Waals surface area contributed by atoms with Crippen LogP contribution in [0.5, 0.6) is 5.75 Å². The summed E-state index contributed by atoms with van der Waals surface area (Å²) in [6.45, 7) is 1.97. The normalized spacial score (nSPS) is 12.4. The fraction of sp³-hybridized carbons (Fsp3) is 0.600. The molecule has 0 aromatic heterocycles. The lowest BCUT2D eigenvalue weighted by Crippen LogP contribution is -2.29. The second-order valence-corrected chi connectivity index (χ2v) is 4.98. The monoisotopic (exact) mass is 301 g/mol. The Morgan fingerprint density at radius 3 is 2.65 bits per heavy atom. The number of benzene rings is 1. The maximum absolute atomic E-state index is 6.05. The molecule has 0 aliphatic carbocycles. The quantitative estimate of drug-likeness (QED) is 0.674. The predicted octanol–water partition coefficient (Wildman–Crippen LogP) is 2.53. The van der Waals surface area contributed by atoms with Crippen LogP contribution in [0.1, 0.15) is 12.0 Å². The van der Waals surface area contributed by atoms with Gasteiger partial charge in [-0.15, -0.1) is 0 Å². The fourth-order valence-corrected chi connectivity index (χ4v) is 2.19. The number of ether oxygens (including phenoxy) is 3. The Bertz CT molecular complexity index is 387. The first-order valence-corrected chi connectivity index (χ1v) is 7.15. The molecule has 0 aliphatic heterocycles. The largest absolute Gasteiger partial charge is 0.496 e. The van der Waals surface area contributed by atoms with Gasteiger partial charge >= 0.3 is 0 Å². The summed E-state index contributed by atoms with van der Waals surface area (Å²) < 4.78 is 15.8. The third-order valence-corrected chi connectivity index (χ3v) is 3.39. The van der Waals surface area contributed by atoms with Gasteiger partial charge in [-0.25, -0.2) is 0 Å². The summed E-state index contributed by atoms with van der Waals surface area (Å²) in [7, 11) is 5.30. The van der Waals surface area contributed by atoms with Crippen LogP contribution < -0.4 is 10.1 Å². The molecular weight excluding hydrogens is 278 g/mol. The first kappa shape index (κ1) is 17.2. The van der Waals surface area contributed by atoms with E-state index in [0.717, 1.165) is 29.2 Å². The van der Waals surface area contributed by atoms with Crippen LogP contribution >= 0.6 is 11.6 Å². The Morgan fingerprint density at radius 1 is 1.20 bits per heavy atom. The highest BCUT2D eigenvalue weighted by Crippen LogP contribution is 2.24. The van der Waals surface area contributed by atoms with Gasteiger partial charge in [-0.05, 0) is 43.7 Å². The van der Waals surface area contributed by atoms with E-state index in [1.54, 1.807) is 14.2 Å². The minimum Gasteiger partial charge on any atom is -0.496 e. The van der Waals surface area contributed by atoms with Crippen LogP contribution in [0.15, 0.2) is 18.2 Å². The van der Waals surface area contributed by atoms with E-state index >= 15 is 0 Å². The molecule has 0 heterocycles. The van der Waals surface area contributed by atoms with Gasteiger partial charge in [-0.2, -0.15) is 0 Å². The zero-order valence-electron chi connectivity index (χ0n) is 12.4. The molecule has 0 aliphatic rings. The molecule has 0 saturated carbocycles. The van der Waals surface area contributed by atoms with Crippen LogP contribution in [0.4, 0.5) is 0 Å². The van der Waals surface area contributed by atoms with Gasteiger partial charge in [-0.1, -0.05) is 11.6 Å². The molecule has 0 fully saturated rings. The molecule has 1 atom stereocenters. The number of likely N-dealkylation sites (N-methyl/N-ethyl adjacent to an activating group) is 1. The van der Waals surface area contributed by atoms with Crippen molar-refractivity contribution in [3.8, 4) is 5.75 Å². The van der Waals surface area contributed by atoms with Gasteiger partial charge in [0.15, 0.2) is 0 Å². The number of halogens is 1. The highest BCUT2D eigenvalue weighted by molar-refractivity contribution is 6.30. The molecule has 0 bridgehead atoms. The molecule has 0 amide bonds.